The number of amides is 3. The lowest BCUT2D eigenvalue weighted by Crippen LogP contribution is -2.33. The van der Waals surface area contributed by atoms with E-state index in [1.54, 1.807) is 6.07 Å². The second-order valence-corrected chi connectivity index (χ2v) is 5.71. The highest BCUT2D eigenvalue weighted by molar-refractivity contribution is 6.19. The van der Waals surface area contributed by atoms with Crippen molar-refractivity contribution >= 4 is 17.6 Å². The Morgan fingerprint density at radius 2 is 1.81 bits per heavy atom. The molecular formula is C17H14F3N3O4. The number of benzene rings is 1. The van der Waals surface area contributed by atoms with Gasteiger partial charge in [0, 0.05) is 24.5 Å². The molecule has 2 heterocycles. The predicted molar refractivity (Wildman–Crippen MR) is 86.6 cm³/mol. The van der Waals surface area contributed by atoms with Crippen LogP contribution in [0.1, 0.15) is 11.1 Å². The van der Waals surface area contributed by atoms with Crippen molar-refractivity contribution in [3.63, 3.8) is 0 Å². The van der Waals surface area contributed by atoms with Crippen LogP contribution < -0.4 is 9.64 Å². The largest absolute Gasteiger partial charge is 0.573 e. The molecule has 1 aliphatic heterocycles. The van der Waals surface area contributed by atoms with Gasteiger partial charge in [0.15, 0.2) is 0 Å². The lowest BCUT2D eigenvalue weighted by molar-refractivity contribution is -0.274. The highest BCUT2D eigenvalue weighted by Crippen LogP contribution is 2.28. The third kappa shape index (κ3) is 4.17. The van der Waals surface area contributed by atoms with E-state index in [0.717, 1.165) is 17.0 Å². The maximum atomic E-state index is 12.6. The molecule has 0 unspecified atom stereocenters. The summed E-state index contributed by atoms with van der Waals surface area (Å²) >= 11 is 0. The molecule has 0 aliphatic carbocycles. The van der Waals surface area contributed by atoms with Crippen LogP contribution in [0.4, 0.5) is 23.7 Å². The number of imide groups is 1. The molecule has 3 rings (SSSR count). The van der Waals surface area contributed by atoms with E-state index in [2.05, 4.69) is 9.72 Å². The Bertz CT molecular complexity index is 855. The van der Waals surface area contributed by atoms with E-state index in [4.69, 9.17) is 0 Å². The van der Waals surface area contributed by atoms with Crippen LogP contribution in [-0.4, -0.2) is 39.8 Å². The number of hydrogen-bond acceptors (Lipinski definition) is 5. The highest BCUT2D eigenvalue weighted by Gasteiger charge is 2.37. The van der Waals surface area contributed by atoms with Gasteiger partial charge in [-0.1, -0.05) is 0 Å². The summed E-state index contributed by atoms with van der Waals surface area (Å²) in [6, 6.07) is 5.48. The maximum absolute atomic E-state index is 12.6. The first-order valence-corrected chi connectivity index (χ1v) is 7.79. The van der Waals surface area contributed by atoms with Gasteiger partial charge >= 0.3 is 12.4 Å². The molecule has 1 fully saturated rings. The van der Waals surface area contributed by atoms with Gasteiger partial charge in [-0.15, -0.1) is 13.2 Å². The Balaban J connectivity index is 1.76. The average molecular weight is 381 g/mol. The number of hydrogen-bond donors (Lipinski definition) is 1. The lowest BCUT2D eigenvalue weighted by atomic mass is 10.1. The van der Waals surface area contributed by atoms with Gasteiger partial charge in [-0.3, -0.25) is 9.78 Å². The van der Waals surface area contributed by atoms with Crippen molar-refractivity contribution in [1.29, 1.82) is 0 Å². The lowest BCUT2D eigenvalue weighted by Gasteiger charge is -2.18. The summed E-state index contributed by atoms with van der Waals surface area (Å²) in [4.78, 5) is 30.9. The van der Waals surface area contributed by atoms with E-state index in [-0.39, 0.29) is 25.4 Å². The number of alkyl halides is 3. The SMILES string of the molecule is O=C1CN(Cc2ccncc2CO)C(=O)N1c1ccc(OC(F)(F)F)cc1. The second kappa shape index (κ2) is 7.23. The number of halogens is 3. The van der Waals surface area contributed by atoms with Gasteiger partial charge in [0.2, 0.25) is 0 Å². The van der Waals surface area contributed by atoms with Gasteiger partial charge in [0.1, 0.15) is 12.3 Å². The van der Waals surface area contributed by atoms with E-state index < -0.39 is 24.1 Å². The molecule has 1 aromatic carbocycles. The van der Waals surface area contributed by atoms with Crippen LogP contribution in [0.5, 0.6) is 5.75 Å². The van der Waals surface area contributed by atoms with Crippen molar-refractivity contribution in [3.05, 3.63) is 53.9 Å². The highest BCUT2D eigenvalue weighted by atomic mass is 19.4. The Morgan fingerprint density at radius 1 is 1.11 bits per heavy atom. The number of aliphatic hydroxyl groups excluding tert-OH is 1. The van der Waals surface area contributed by atoms with Gasteiger partial charge in [-0.2, -0.15) is 0 Å². The quantitative estimate of drug-likeness (QED) is 0.805. The van der Waals surface area contributed by atoms with E-state index >= 15 is 0 Å². The zero-order valence-corrected chi connectivity index (χ0v) is 13.8. The molecule has 142 valence electrons. The Labute approximate surface area is 151 Å². The summed E-state index contributed by atoms with van der Waals surface area (Å²) in [7, 11) is 0. The number of rotatable bonds is 5. The van der Waals surface area contributed by atoms with Crippen LogP contribution in [0.3, 0.4) is 0 Å². The standard InChI is InChI=1S/C17H14F3N3O4/c18-17(19,20)27-14-3-1-13(2-4-14)23-15(25)9-22(16(23)26)8-11-5-6-21-7-12(11)10-24/h1-7,24H,8-10H2. The third-order valence-corrected chi connectivity index (χ3v) is 3.90. The van der Waals surface area contributed by atoms with Crippen LogP contribution in [0.25, 0.3) is 0 Å². The predicted octanol–water partition coefficient (Wildman–Crippen LogP) is 2.44. The van der Waals surface area contributed by atoms with Crippen molar-refractivity contribution in [2.75, 3.05) is 11.4 Å². The molecule has 2 aromatic rings. The molecular weight excluding hydrogens is 367 g/mol. The fourth-order valence-corrected chi connectivity index (χ4v) is 2.68. The van der Waals surface area contributed by atoms with E-state index in [1.165, 1.54) is 29.4 Å². The number of pyridine rings is 1. The van der Waals surface area contributed by atoms with Crippen molar-refractivity contribution in [3.8, 4) is 5.75 Å². The first kappa shape index (κ1) is 18.6. The van der Waals surface area contributed by atoms with Crippen molar-refractivity contribution in [2.45, 2.75) is 19.5 Å². The minimum Gasteiger partial charge on any atom is -0.406 e. The van der Waals surface area contributed by atoms with Crippen LogP contribution >= 0.6 is 0 Å². The summed E-state index contributed by atoms with van der Waals surface area (Å²) in [5.41, 5.74) is 1.31. The first-order valence-electron chi connectivity index (χ1n) is 7.79. The van der Waals surface area contributed by atoms with Crippen LogP contribution in [0, 0.1) is 0 Å². The number of nitrogens with zero attached hydrogens (tertiary/aromatic N) is 3. The normalized spacial score (nSPS) is 14.8. The molecule has 0 radical (unpaired) electrons. The summed E-state index contributed by atoms with van der Waals surface area (Å²) in [5.74, 6) is -0.962. The number of aromatic nitrogens is 1. The van der Waals surface area contributed by atoms with Gasteiger partial charge < -0.3 is 14.7 Å². The van der Waals surface area contributed by atoms with Gasteiger partial charge in [0.25, 0.3) is 5.91 Å². The molecule has 1 aliphatic rings. The summed E-state index contributed by atoms with van der Waals surface area (Å²) in [6.45, 7) is -0.356. The fraction of sp³-hybridized carbons (Fsp3) is 0.235. The molecule has 7 nitrogen and oxygen atoms in total. The number of anilines is 1. The minimum absolute atomic E-state index is 0.0920. The average Bonchev–Trinajstić information content (AvgIpc) is 2.88. The molecule has 0 bridgehead atoms. The summed E-state index contributed by atoms with van der Waals surface area (Å²) < 4.78 is 40.4. The number of ether oxygens (including phenoxy) is 1. The number of urea groups is 1. The Hall–Kier alpha value is -3.14. The topological polar surface area (TPSA) is 83.0 Å². The molecule has 27 heavy (non-hydrogen) atoms. The molecule has 1 N–H and O–H groups in total. The Kier molecular flexibility index (Phi) is 5.00. The Morgan fingerprint density at radius 3 is 2.44 bits per heavy atom. The molecule has 1 saturated heterocycles. The number of aliphatic hydroxyl groups is 1. The second-order valence-electron chi connectivity index (χ2n) is 5.71. The van der Waals surface area contributed by atoms with Crippen LogP contribution in [0.2, 0.25) is 0 Å². The zero-order chi connectivity index (χ0) is 19.6. The van der Waals surface area contributed by atoms with Crippen LogP contribution in [0.15, 0.2) is 42.7 Å². The van der Waals surface area contributed by atoms with E-state index in [0.29, 0.717) is 11.1 Å². The van der Waals surface area contributed by atoms with Crippen LogP contribution in [-0.2, 0) is 17.9 Å². The smallest absolute Gasteiger partial charge is 0.406 e. The fourth-order valence-electron chi connectivity index (χ4n) is 2.68. The molecule has 1 aromatic heterocycles. The monoisotopic (exact) mass is 381 g/mol. The maximum Gasteiger partial charge on any atom is 0.573 e. The van der Waals surface area contributed by atoms with Gasteiger partial charge in [-0.05, 0) is 35.9 Å². The van der Waals surface area contributed by atoms with Gasteiger partial charge in [-0.25, -0.2) is 9.69 Å². The molecule has 3 amide bonds. The zero-order valence-electron chi connectivity index (χ0n) is 13.8. The molecule has 0 saturated carbocycles. The van der Waals surface area contributed by atoms with E-state index in [9.17, 15) is 27.9 Å². The van der Waals surface area contributed by atoms with Crippen molar-refractivity contribution in [2.24, 2.45) is 0 Å². The van der Waals surface area contributed by atoms with Gasteiger partial charge in [0.05, 0.1) is 12.3 Å². The molecule has 10 heteroatoms. The third-order valence-electron chi connectivity index (χ3n) is 3.90. The molecule has 0 atom stereocenters. The molecule has 0 spiro atoms. The van der Waals surface area contributed by atoms with Crippen molar-refractivity contribution < 1.29 is 32.6 Å². The number of carbonyl (C=O) groups excluding carboxylic acids is 2. The number of carbonyl (C=O) groups is 2. The van der Waals surface area contributed by atoms with E-state index in [1.807, 2.05) is 0 Å². The summed E-state index contributed by atoms with van der Waals surface area (Å²) in [6.07, 6.45) is -1.85. The summed E-state index contributed by atoms with van der Waals surface area (Å²) in [5, 5.41) is 9.33. The van der Waals surface area contributed by atoms with Crippen molar-refractivity contribution in [1.82, 2.24) is 9.88 Å². The first-order chi connectivity index (χ1) is 12.8. The minimum atomic E-state index is -4.83.